The van der Waals surface area contributed by atoms with Crippen LogP contribution in [0.2, 0.25) is 4.34 Å². The molecule has 1 aromatic rings. The quantitative estimate of drug-likeness (QED) is 0.568. The van der Waals surface area contributed by atoms with Gasteiger partial charge in [0.2, 0.25) is 0 Å². The Morgan fingerprint density at radius 3 is 2.76 bits per heavy atom. The molecule has 7 heteroatoms. The summed E-state index contributed by atoms with van der Waals surface area (Å²) in [5, 5.41) is 3.75. The minimum atomic E-state index is -0.235. The van der Waals surface area contributed by atoms with Crippen LogP contribution in [0, 0.1) is 11.8 Å². The molecule has 0 radical (unpaired) electrons. The average Bonchev–Trinajstić information content (AvgIpc) is 2.88. The Morgan fingerprint density at radius 1 is 1.33 bits per heavy atom. The standard InChI is InChI=1S/C14H20ClN3OS2/c1-8-4-3-5-10(9(8)2)16-14(20)18-17-13(19)11-6-7-12(15)21-11/h6-10H,3-5H2,1-2H3,(H,17,19)(H2,16,18,20)/t8-,9-,10+/m1/s1. The number of hydrazine groups is 1. The summed E-state index contributed by atoms with van der Waals surface area (Å²) >= 11 is 12.3. The largest absolute Gasteiger partial charge is 0.358 e. The van der Waals surface area contributed by atoms with Gasteiger partial charge in [-0.2, -0.15) is 0 Å². The first-order chi connectivity index (χ1) is 9.97. The number of amides is 1. The normalized spacial score (nSPS) is 25.2. The molecule has 0 aromatic carbocycles. The van der Waals surface area contributed by atoms with Gasteiger partial charge < -0.3 is 5.32 Å². The van der Waals surface area contributed by atoms with Gasteiger partial charge in [-0.1, -0.05) is 38.3 Å². The zero-order chi connectivity index (χ0) is 15.4. The summed E-state index contributed by atoms with van der Waals surface area (Å²) in [5.74, 6) is 1.04. The SMILES string of the molecule is C[C@@H]1[C@H](C)CCC[C@@H]1NC(=S)NNC(=O)c1ccc(Cl)s1. The van der Waals surface area contributed by atoms with Crippen LogP contribution in [-0.4, -0.2) is 17.1 Å². The molecule has 116 valence electrons. The van der Waals surface area contributed by atoms with Crippen molar-refractivity contribution in [2.75, 3.05) is 0 Å². The molecule has 0 saturated heterocycles. The van der Waals surface area contributed by atoms with Gasteiger partial charge in [0.25, 0.3) is 5.91 Å². The molecule has 4 nitrogen and oxygen atoms in total. The highest BCUT2D eigenvalue weighted by Gasteiger charge is 2.27. The van der Waals surface area contributed by atoms with Gasteiger partial charge in [-0.3, -0.25) is 15.6 Å². The van der Waals surface area contributed by atoms with Gasteiger partial charge in [-0.05, 0) is 42.6 Å². The molecule has 1 amide bonds. The van der Waals surface area contributed by atoms with Gasteiger partial charge in [0.05, 0.1) is 9.21 Å². The summed E-state index contributed by atoms with van der Waals surface area (Å²) in [6.45, 7) is 4.52. The maximum Gasteiger partial charge on any atom is 0.279 e. The number of carbonyl (C=O) groups excluding carboxylic acids is 1. The van der Waals surface area contributed by atoms with Crippen LogP contribution in [0.15, 0.2) is 12.1 Å². The fourth-order valence-electron chi connectivity index (χ4n) is 2.60. The number of thiocarbonyl (C=S) groups is 1. The van der Waals surface area contributed by atoms with Gasteiger partial charge in [0.1, 0.15) is 0 Å². The maximum atomic E-state index is 11.9. The molecule has 0 unspecified atom stereocenters. The Balaban J connectivity index is 1.78. The summed E-state index contributed by atoms with van der Waals surface area (Å²) in [7, 11) is 0. The predicted molar refractivity (Wildman–Crippen MR) is 91.6 cm³/mol. The fraction of sp³-hybridized carbons (Fsp3) is 0.571. The molecular formula is C14H20ClN3OS2. The van der Waals surface area contributed by atoms with E-state index in [0.29, 0.717) is 32.2 Å². The molecule has 3 atom stereocenters. The van der Waals surface area contributed by atoms with Crippen molar-refractivity contribution in [3.8, 4) is 0 Å². The second kappa shape index (κ2) is 7.42. The minimum absolute atomic E-state index is 0.235. The number of rotatable bonds is 2. The van der Waals surface area contributed by atoms with Crippen LogP contribution in [0.5, 0.6) is 0 Å². The van der Waals surface area contributed by atoms with Crippen LogP contribution in [0.1, 0.15) is 42.8 Å². The van der Waals surface area contributed by atoms with Crippen molar-refractivity contribution in [1.29, 1.82) is 0 Å². The molecule has 2 rings (SSSR count). The van der Waals surface area contributed by atoms with Crippen molar-refractivity contribution in [2.45, 2.75) is 39.2 Å². The van der Waals surface area contributed by atoms with Crippen molar-refractivity contribution in [3.05, 3.63) is 21.3 Å². The van der Waals surface area contributed by atoms with Crippen molar-refractivity contribution in [3.63, 3.8) is 0 Å². The smallest absolute Gasteiger partial charge is 0.279 e. The molecule has 21 heavy (non-hydrogen) atoms. The van der Waals surface area contributed by atoms with Gasteiger partial charge in [-0.25, -0.2) is 0 Å². The first-order valence-corrected chi connectivity index (χ1v) is 8.70. The first-order valence-electron chi connectivity index (χ1n) is 7.09. The summed E-state index contributed by atoms with van der Waals surface area (Å²) in [6.07, 6.45) is 3.60. The van der Waals surface area contributed by atoms with E-state index in [4.69, 9.17) is 23.8 Å². The Hall–Kier alpha value is -0.850. The summed E-state index contributed by atoms with van der Waals surface area (Å²) < 4.78 is 0.589. The van der Waals surface area contributed by atoms with E-state index in [9.17, 15) is 4.79 Å². The highest BCUT2D eigenvalue weighted by molar-refractivity contribution is 7.80. The third-order valence-electron chi connectivity index (χ3n) is 4.11. The average molecular weight is 346 g/mol. The van der Waals surface area contributed by atoms with Crippen LogP contribution in [0.4, 0.5) is 0 Å². The van der Waals surface area contributed by atoms with Crippen molar-refractivity contribution >= 4 is 46.2 Å². The molecule has 0 aliphatic heterocycles. The molecule has 1 aromatic heterocycles. The fourth-order valence-corrected chi connectivity index (χ4v) is 3.74. The zero-order valence-electron chi connectivity index (χ0n) is 12.1. The van der Waals surface area contributed by atoms with Gasteiger partial charge in [-0.15, -0.1) is 11.3 Å². The molecular weight excluding hydrogens is 326 g/mol. The topological polar surface area (TPSA) is 53.2 Å². The number of hydrogen-bond donors (Lipinski definition) is 3. The van der Waals surface area contributed by atoms with Crippen molar-refractivity contribution < 1.29 is 4.79 Å². The summed E-state index contributed by atoms with van der Waals surface area (Å²) in [4.78, 5) is 12.4. The predicted octanol–water partition coefficient (Wildman–Crippen LogP) is 3.34. The number of halogens is 1. The monoisotopic (exact) mass is 345 g/mol. The lowest BCUT2D eigenvalue weighted by Crippen LogP contribution is -2.52. The van der Waals surface area contributed by atoms with Crippen LogP contribution >= 0.6 is 35.2 Å². The minimum Gasteiger partial charge on any atom is -0.358 e. The second-order valence-corrected chi connectivity index (χ2v) is 7.65. The van der Waals surface area contributed by atoms with Crippen molar-refractivity contribution in [2.24, 2.45) is 11.8 Å². The van der Waals surface area contributed by atoms with Crippen LogP contribution in [-0.2, 0) is 0 Å². The number of hydrogen-bond acceptors (Lipinski definition) is 3. The number of thiophene rings is 1. The number of carbonyl (C=O) groups is 1. The third-order valence-corrected chi connectivity index (χ3v) is 5.56. The summed E-state index contributed by atoms with van der Waals surface area (Å²) in [5.41, 5.74) is 5.34. The number of nitrogens with one attached hydrogen (secondary N) is 3. The van der Waals surface area contributed by atoms with E-state index in [0.717, 1.165) is 6.42 Å². The van der Waals surface area contributed by atoms with Gasteiger partial charge in [0, 0.05) is 6.04 Å². The highest BCUT2D eigenvalue weighted by Crippen LogP contribution is 2.29. The summed E-state index contributed by atoms with van der Waals surface area (Å²) in [6, 6.07) is 3.75. The van der Waals surface area contributed by atoms with Crippen LogP contribution in [0.25, 0.3) is 0 Å². The molecule has 0 bridgehead atoms. The molecule has 1 aliphatic carbocycles. The van der Waals surface area contributed by atoms with E-state index in [2.05, 4.69) is 30.0 Å². The lowest BCUT2D eigenvalue weighted by Gasteiger charge is -2.35. The van der Waals surface area contributed by atoms with Gasteiger partial charge in [0.15, 0.2) is 5.11 Å². The molecule has 3 N–H and O–H groups in total. The lowest BCUT2D eigenvalue weighted by atomic mass is 9.78. The van der Waals surface area contributed by atoms with Crippen LogP contribution in [0.3, 0.4) is 0 Å². The Bertz CT molecular complexity index is 520. The first kappa shape index (κ1) is 16.5. The van der Waals surface area contributed by atoms with E-state index >= 15 is 0 Å². The van der Waals surface area contributed by atoms with E-state index in [1.165, 1.54) is 24.2 Å². The third kappa shape index (κ3) is 4.56. The van der Waals surface area contributed by atoms with E-state index in [1.54, 1.807) is 12.1 Å². The molecule has 1 aliphatic rings. The van der Waals surface area contributed by atoms with E-state index < -0.39 is 0 Å². The van der Waals surface area contributed by atoms with Crippen LogP contribution < -0.4 is 16.2 Å². The van der Waals surface area contributed by atoms with E-state index in [-0.39, 0.29) is 5.91 Å². The molecule has 1 heterocycles. The molecule has 1 fully saturated rings. The zero-order valence-corrected chi connectivity index (χ0v) is 14.5. The Morgan fingerprint density at radius 2 is 2.10 bits per heavy atom. The van der Waals surface area contributed by atoms with Crippen molar-refractivity contribution in [1.82, 2.24) is 16.2 Å². The van der Waals surface area contributed by atoms with Gasteiger partial charge >= 0.3 is 0 Å². The van der Waals surface area contributed by atoms with E-state index in [1.807, 2.05) is 0 Å². The highest BCUT2D eigenvalue weighted by atomic mass is 35.5. The lowest BCUT2D eigenvalue weighted by molar-refractivity contribution is 0.0947. The Labute approximate surface area is 139 Å². The molecule has 0 spiro atoms. The molecule has 1 saturated carbocycles. The second-order valence-electron chi connectivity index (χ2n) is 5.53. The maximum absolute atomic E-state index is 11.9. The Kier molecular flexibility index (Phi) is 5.84.